The first-order valence-electron chi connectivity index (χ1n) is 6.05. The zero-order chi connectivity index (χ0) is 14.5. The predicted molar refractivity (Wildman–Crippen MR) is 81.0 cm³/mol. The van der Waals surface area contributed by atoms with Crippen molar-refractivity contribution in [1.29, 1.82) is 0 Å². The van der Waals surface area contributed by atoms with Crippen molar-refractivity contribution in [2.75, 3.05) is 11.9 Å². The lowest BCUT2D eigenvalue weighted by Crippen LogP contribution is -2.12. The number of hydrogen-bond donors (Lipinski definition) is 2. The molecule has 0 radical (unpaired) electrons. The number of nitrogens with zero attached hydrogens (tertiary/aromatic N) is 1. The van der Waals surface area contributed by atoms with E-state index >= 15 is 0 Å². The summed E-state index contributed by atoms with van der Waals surface area (Å²) in [7, 11) is 0. The summed E-state index contributed by atoms with van der Waals surface area (Å²) in [6.07, 6.45) is 3.18. The molecule has 0 aliphatic heterocycles. The molecular formula is C14H14FN3OS. The zero-order valence-electron chi connectivity index (χ0n) is 10.9. The van der Waals surface area contributed by atoms with Crippen LogP contribution in [0.5, 0.6) is 5.75 Å². The van der Waals surface area contributed by atoms with Crippen molar-refractivity contribution in [2.45, 2.75) is 6.92 Å². The molecule has 3 N–H and O–H groups in total. The Hall–Kier alpha value is -2.21. The van der Waals surface area contributed by atoms with E-state index < -0.39 is 5.82 Å². The minimum Gasteiger partial charge on any atom is -0.491 e. The second kappa shape index (κ2) is 6.29. The van der Waals surface area contributed by atoms with Gasteiger partial charge in [0.2, 0.25) is 0 Å². The highest BCUT2D eigenvalue weighted by atomic mass is 32.1. The highest BCUT2D eigenvalue weighted by Gasteiger charge is 2.08. The third kappa shape index (κ3) is 3.21. The highest BCUT2D eigenvalue weighted by molar-refractivity contribution is 7.80. The van der Waals surface area contributed by atoms with Crippen LogP contribution in [0.25, 0.3) is 0 Å². The maximum absolute atomic E-state index is 13.8. The number of pyridine rings is 1. The average molecular weight is 291 g/mol. The Morgan fingerprint density at radius 3 is 2.90 bits per heavy atom. The molecule has 4 nitrogen and oxygen atoms in total. The van der Waals surface area contributed by atoms with Gasteiger partial charge >= 0.3 is 0 Å². The topological polar surface area (TPSA) is 60.2 Å². The second-order valence-corrected chi connectivity index (χ2v) is 4.43. The van der Waals surface area contributed by atoms with E-state index in [9.17, 15) is 4.39 Å². The van der Waals surface area contributed by atoms with Gasteiger partial charge in [0.1, 0.15) is 4.99 Å². The number of thiocarbonyl (C=S) groups is 1. The number of ether oxygens (including phenoxy) is 1. The van der Waals surface area contributed by atoms with E-state index in [0.717, 1.165) is 0 Å². The van der Waals surface area contributed by atoms with Gasteiger partial charge in [0.05, 0.1) is 18.5 Å². The van der Waals surface area contributed by atoms with E-state index in [-0.39, 0.29) is 10.7 Å². The number of halogens is 1. The molecule has 0 spiro atoms. The average Bonchev–Trinajstić information content (AvgIpc) is 2.42. The number of anilines is 2. The third-order valence-electron chi connectivity index (χ3n) is 2.60. The van der Waals surface area contributed by atoms with Gasteiger partial charge in [-0.3, -0.25) is 4.98 Å². The van der Waals surface area contributed by atoms with Crippen molar-refractivity contribution in [2.24, 2.45) is 5.73 Å². The number of hydrogen-bond acceptors (Lipinski definition) is 4. The van der Waals surface area contributed by atoms with Gasteiger partial charge in [0.25, 0.3) is 0 Å². The summed E-state index contributed by atoms with van der Waals surface area (Å²) in [5.41, 5.74) is 7.48. The lowest BCUT2D eigenvalue weighted by atomic mass is 10.2. The number of benzene rings is 1. The van der Waals surface area contributed by atoms with Gasteiger partial charge in [0.15, 0.2) is 11.6 Å². The third-order valence-corrected chi connectivity index (χ3v) is 2.82. The quantitative estimate of drug-likeness (QED) is 0.829. The summed E-state index contributed by atoms with van der Waals surface area (Å²) >= 11 is 4.96. The summed E-state index contributed by atoms with van der Waals surface area (Å²) in [6.45, 7) is 2.22. The molecule has 0 saturated heterocycles. The van der Waals surface area contributed by atoms with Gasteiger partial charge in [-0.2, -0.15) is 0 Å². The molecule has 0 bridgehead atoms. The number of rotatable bonds is 5. The smallest absolute Gasteiger partial charge is 0.167 e. The van der Waals surface area contributed by atoms with Crippen LogP contribution < -0.4 is 15.8 Å². The van der Waals surface area contributed by atoms with E-state index in [1.54, 1.807) is 37.5 Å². The predicted octanol–water partition coefficient (Wildman–Crippen LogP) is 3.00. The molecule has 2 aromatic rings. The van der Waals surface area contributed by atoms with Gasteiger partial charge in [0, 0.05) is 23.5 Å². The Bertz CT molecular complexity index is 634. The fourth-order valence-corrected chi connectivity index (χ4v) is 1.89. The Balaban J connectivity index is 2.27. The van der Waals surface area contributed by atoms with E-state index in [4.69, 9.17) is 22.7 Å². The maximum Gasteiger partial charge on any atom is 0.167 e. The van der Waals surface area contributed by atoms with Crippen LogP contribution in [0.1, 0.15) is 12.5 Å². The van der Waals surface area contributed by atoms with Crippen LogP contribution in [0.15, 0.2) is 36.7 Å². The fraction of sp³-hybridized carbons (Fsp3) is 0.143. The molecule has 0 aliphatic carbocycles. The Morgan fingerprint density at radius 1 is 1.45 bits per heavy atom. The monoisotopic (exact) mass is 291 g/mol. The van der Waals surface area contributed by atoms with Crippen molar-refractivity contribution < 1.29 is 9.13 Å². The maximum atomic E-state index is 13.8. The summed E-state index contributed by atoms with van der Waals surface area (Å²) in [5, 5.41) is 3.04. The van der Waals surface area contributed by atoms with Gasteiger partial charge in [-0.25, -0.2) is 4.39 Å². The molecule has 20 heavy (non-hydrogen) atoms. The minimum atomic E-state index is -0.433. The number of nitrogens with two attached hydrogens (primary N) is 1. The zero-order valence-corrected chi connectivity index (χ0v) is 11.7. The summed E-state index contributed by atoms with van der Waals surface area (Å²) < 4.78 is 18.9. The lowest BCUT2D eigenvalue weighted by Gasteiger charge is -2.11. The van der Waals surface area contributed by atoms with Crippen LogP contribution >= 0.6 is 12.2 Å². The molecule has 1 heterocycles. The molecule has 1 aromatic heterocycles. The molecule has 1 aromatic carbocycles. The van der Waals surface area contributed by atoms with E-state index in [1.165, 1.54) is 6.07 Å². The van der Waals surface area contributed by atoms with Crippen molar-refractivity contribution in [3.63, 3.8) is 0 Å². The molecule has 0 aliphatic rings. The van der Waals surface area contributed by atoms with E-state index in [0.29, 0.717) is 23.5 Å². The van der Waals surface area contributed by atoms with E-state index in [2.05, 4.69) is 10.3 Å². The van der Waals surface area contributed by atoms with Crippen LogP contribution in [0, 0.1) is 5.82 Å². The Kier molecular flexibility index (Phi) is 4.47. The highest BCUT2D eigenvalue weighted by Crippen LogP contribution is 2.25. The minimum absolute atomic E-state index is 0.221. The van der Waals surface area contributed by atoms with Crippen molar-refractivity contribution in [3.8, 4) is 5.75 Å². The first kappa shape index (κ1) is 14.2. The molecule has 0 amide bonds. The fourth-order valence-electron chi connectivity index (χ4n) is 1.72. The van der Waals surface area contributed by atoms with Crippen molar-refractivity contribution in [3.05, 3.63) is 48.0 Å². The molecule has 0 saturated carbocycles. The Morgan fingerprint density at radius 2 is 2.25 bits per heavy atom. The van der Waals surface area contributed by atoms with Crippen LogP contribution in [0.3, 0.4) is 0 Å². The summed E-state index contributed by atoms with van der Waals surface area (Å²) in [5.74, 6) is -0.212. The largest absolute Gasteiger partial charge is 0.491 e. The first-order valence-corrected chi connectivity index (χ1v) is 6.46. The van der Waals surface area contributed by atoms with Gasteiger partial charge < -0.3 is 15.8 Å². The van der Waals surface area contributed by atoms with Crippen LogP contribution in [0.4, 0.5) is 15.8 Å². The second-order valence-electron chi connectivity index (χ2n) is 3.99. The molecule has 0 atom stereocenters. The first-order chi connectivity index (χ1) is 9.61. The van der Waals surface area contributed by atoms with Crippen LogP contribution in [-0.4, -0.2) is 16.6 Å². The molecular weight excluding hydrogens is 277 g/mol. The van der Waals surface area contributed by atoms with E-state index in [1.807, 2.05) is 0 Å². The molecule has 0 fully saturated rings. The van der Waals surface area contributed by atoms with Crippen LogP contribution in [-0.2, 0) is 0 Å². The van der Waals surface area contributed by atoms with Crippen molar-refractivity contribution in [1.82, 2.24) is 4.98 Å². The van der Waals surface area contributed by atoms with Crippen LogP contribution in [0.2, 0.25) is 0 Å². The molecule has 0 unspecified atom stereocenters. The normalized spacial score (nSPS) is 10.1. The van der Waals surface area contributed by atoms with Gasteiger partial charge in [-0.15, -0.1) is 0 Å². The SMILES string of the molecule is CCOc1ccc(Nc2cnccc2C(N)=S)cc1F. The summed E-state index contributed by atoms with van der Waals surface area (Å²) in [6, 6.07) is 6.33. The molecule has 2 rings (SSSR count). The Labute approximate surface area is 121 Å². The number of aromatic nitrogens is 1. The van der Waals surface area contributed by atoms with Crippen molar-refractivity contribution >= 4 is 28.6 Å². The number of nitrogens with one attached hydrogen (secondary N) is 1. The van der Waals surface area contributed by atoms with Gasteiger partial charge in [-0.1, -0.05) is 12.2 Å². The van der Waals surface area contributed by atoms with Gasteiger partial charge in [-0.05, 0) is 25.1 Å². The summed E-state index contributed by atoms with van der Waals surface area (Å²) in [4.78, 5) is 4.25. The molecule has 104 valence electrons. The molecule has 6 heteroatoms. The standard InChI is InChI=1S/C14H14FN3OS/c1-2-19-13-4-3-9(7-11(13)15)18-12-8-17-6-5-10(12)14(16)20/h3-8,18H,2H2,1H3,(H2,16,20). The lowest BCUT2D eigenvalue weighted by molar-refractivity contribution is 0.321.